The number of rotatable bonds is 4. The Balaban J connectivity index is 1.70. The molecule has 1 aromatic heterocycles. The molecule has 0 saturated carbocycles. The van der Waals surface area contributed by atoms with Crippen LogP contribution >= 0.6 is 34.8 Å². The van der Waals surface area contributed by atoms with Gasteiger partial charge in [-0.15, -0.1) is 5.10 Å². The maximum Gasteiger partial charge on any atom is 0.322 e. The molecular weight excluding hydrogens is 373 g/mol. The van der Waals surface area contributed by atoms with E-state index in [1.54, 1.807) is 42.5 Å². The Kier molecular flexibility index (Phi) is 5.04. The van der Waals surface area contributed by atoms with E-state index in [1.165, 1.54) is 0 Å². The normalized spacial score (nSPS) is 10.6. The molecule has 0 radical (unpaired) electrons. The Morgan fingerprint density at radius 3 is 2.33 bits per heavy atom. The topological polar surface area (TPSA) is 68.0 Å². The molecule has 0 aliphatic heterocycles. The summed E-state index contributed by atoms with van der Waals surface area (Å²) in [6.45, 7) is 0. The first-order valence-corrected chi connectivity index (χ1v) is 7.98. The maximum atomic E-state index is 12.1. The highest BCUT2D eigenvalue weighted by Crippen LogP contribution is 2.25. The van der Waals surface area contributed by atoms with E-state index in [-0.39, 0.29) is 24.2 Å². The predicted molar refractivity (Wildman–Crippen MR) is 93.5 cm³/mol. The number of nitrogens with zero attached hydrogens (tertiary/aromatic N) is 2. The van der Waals surface area contributed by atoms with Crippen LogP contribution in [0.4, 0.5) is 6.01 Å². The van der Waals surface area contributed by atoms with Crippen LogP contribution in [-0.2, 0) is 11.2 Å². The number of amides is 1. The Hall–Kier alpha value is -2.08. The van der Waals surface area contributed by atoms with E-state index in [0.717, 1.165) is 0 Å². The van der Waals surface area contributed by atoms with Gasteiger partial charge in [-0.25, -0.2) is 0 Å². The monoisotopic (exact) mass is 381 g/mol. The molecule has 5 nitrogen and oxygen atoms in total. The van der Waals surface area contributed by atoms with E-state index in [0.29, 0.717) is 26.2 Å². The first kappa shape index (κ1) is 16.8. The number of carbonyl (C=O) groups is 1. The van der Waals surface area contributed by atoms with Gasteiger partial charge < -0.3 is 4.42 Å². The molecule has 3 rings (SSSR count). The van der Waals surface area contributed by atoms with E-state index in [2.05, 4.69) is 15.5 Å². The molecule has 0 unspecified atom stereocenters. The zero-order valence-corrected chi connectivity index (χ0v) is 14.4. The van der Waals surface area contributed by atoms with Crippen molar-refractivity contribution in [3.8, 4) is 11.5 Å². The number of nitrogens with one attached hydrogen (secondary N) is 1. The molecule has 1 heterocycles. The second-order valence-corrected chi connectivity index (χ2v) is 6.10. The first-order valence-electron chi connectivity index (χ1n) is 6.85. The van der Waals surface area contributed by atoms with Crippen molar-refractivity contribution >= 4 is 46.7 Å². The van der Waals surface area contributed by atoms with Gasteiger partial charge in [0.15, 0.2) is 0 Å². The molecule has 0 aliphatic rings. The van der Waals surface area contributed by atoms with Gasteiger partial charge in [-0.05, 0) is 42.0 Å². The third-order valence-corrected chi connectivity index (χ3v) is 4.12. The van der Waals surface area contributed by atoms with Gasteiger partial charge in [-0.3, -0.25) is 10.1 Å². The summed E-state index contributed by atoms with van der Waals surface area (Å²) in [6, 6.07) is 11.9. The predicted octanol–water partition coefficient (Wildman–Crippen LogP) is 4.88. The van der Waals surface area contributed by atoms with Crippen LogP contribution in [-0.4, -0.2) is 16.1 Å². The van der Waals surface area contributed by atoms with Crippen molar-refractivity contribution < 1.29 is 9.21 Å². The third kappa shape index (κ3) is 3.87. The maximum absolute atomic E-state index is 12.1. The zero-order chi connectivity index (χ0) is 17.1. The van der Waals surface area contributed by atoms with Crippen LogP contribution in [0.3, 0.4) is 0 Å². The van der Waals surface area contributed by atoms with Gasteiger partial charge in [0.1, 0.15) is 0 Å². The van der Waals surface area contributed by atoms with Crippen molar-refractivity contribution in [1.82, 2.24) is 10.2 Å². The highest BCUT2D eigenvalue weighted by Gasteiger charge is 2.14. The summed E-state index contributed by atoms with van der Waals surface area (Å²) in [5.41, 5.74) is 1.23. The first-order chi connectivity index (χ1) is 11.5. The highest BCUT2D eigenvalue weighted by atomic mass is 35.5. The second-order valence-electron chi connectivity index (χ2n) is 4.84. The standard InChI is InChI=1S/C16H10Cl3N3O2/c17-10-6-4-9(5-7-10)15-21-22-16(24-15)20-14(23)8-11-12(18)2-1-3-13(11)19/h1-7H,8H2,(H,20,22,23). The number of carbonyl (C=O) groups excluding carboxylic acids is 1. The van der Waals surface area contributed by atoms with Crippen LogP contribution in [0.5, 0.6) is 0 Å². The van der Waals surface area contributed by atoms with Crippen LogP contribution in [0.25, 0.3) is 11.5 Å². The number of aromatic nitrogens is 2. The molecule has 0 bridgehead atoms. The molecular formula is C16H10Cl3N3O2. The fraction of sp³-hybridized carbons (Fsp3) is 0.0625. The average Bonchev–Trinajstić information content (AvgIpc) is 3.00. The van der Waals surface area contributed by atoms with Gasteiger partial charge in [0.25, 0.3) is 0 Å². The van der Waals surface area contributed by atoms with E-state index in [1.807, 2.05) is 0 Å². The largest absolute Gasteiger partial charge is 0.403 e. The lowest BCUT2D eigenvalue weighted by atomic mass is 10.1. The van der Waals surface area contributed by atoms with Crippen LogP contribution < -0.4 is 5.32 Å². The molecule has 1 N–H and O–H groups in total. The average molecular weight is 383 g/mol. The molecule has 0 atom stereocenters. The Labute approximate surface area is 152 Å². The quantitative estimate of drug-likeness (QED) is 0.698. The summed E-state index contributed by atoms with van der Waals surface area (Å²) in [5, 5.41) is 11.6. The minimum Gasteiger partial charge on any atom is -0.403 e. The van der Waals surface area contributed by atoms with E-state index in [4.69, 9.17) is 39.2 Å². The molecule has 0 aliphatic carbocycles. The van der Waals surface area contributed by atoms with Gasteiger partial charge in [0, 0.05) is 20.6 Å². The summed E-state index contributed by atoms with van der Waals surface area (Å²) < 4.78 is 5.42. The Bertz CT molecular complexity index is 858. The number of hydrogen-bond acceptors (Lipinski definition) is 4. The highest BCUT2D eigenvalue weighted by molar-refractivity contribution is 6.36. The SMILES string of the molecule is O=C(Cc1c(Cl)cccc1Cl)Nc1nnc(-c2ccc(Cl)cc2)o1. The fourth-order valence-electron chi connectivity index (χ4n) is 2.01. The minimum atomic E-state index is -0.365. The van der Waals surface area contributed by atoms with Gasteiger partial charge in [-0.2, -0.15) is 0 Å². The van der Waals surface area contributed by atoms with Gasteiger partial charge in [0.2, 0.25) is 11.8 Å². The summed E-state index contributed by atoms with van der Waals surface area (Å²) in [5.74, 6) is -0.0888. The Morgan fingerprint density at radius 1 is 1.00 bits per heavy atom. The van der Waals surface area contributed by atoms with Crippen LogP contribution in [0, 0.1) is 0 Å². The third-order valence-electron chi connectivity index (χ3n) is 3.16. The molecule has 8 heteroatoms. The fourth-order valence-corrected chi connectivity index (χ4v) is 2.67. The summed E-state index contributed by atoms with van der Waals surface area (Å²) >= 11 is 17.9. The van der Waals surface area contributed by atoms with Gasteiger partial charge >= 0.3 is 6.01 Å². The zero-order valence-electron chi connectivity index (χ0n) is 12.1. The van der Waals surface area contributed by atoms with E-state index in [9.17, 15) is 4.79 Å². The number of anilines is 1. The van der Waals surface area contributed by atoms with Crippen molar-refractivity contribution in [1.29, 1.82) is 0 Å². The number of halogens is 3. The lowest BCUT2D eigenvalue weighted by molar-refractivity contribution is -0.115. The van der Waals surface area contributed by atoms with Crippen molar-refractivity contribution in [2.45, 2.75) is 6.42 Å². The molecule has 122 valence electrons. The smallest absolute Gasteiger partial charge is 0.322 e. The van der Waals surface area contributed by atoms with Crippen LogP contribution in [0.15, 0.2) is 46.9 Å². The summed E-state index contributed by atoms with van der Waals surface area (Å²) in [4.78, 5) is 12.1. The molecule has 0 saturated heterocycles. The Morgan fingerprint density at radius 2 is 1.67 bits per heavy atom. The van der Waals surface area contributed by atoms with Crippen molar-refractivity contribution in [3.05, 3.63) is 63.1 Å². The summed E-state index contributed by atoms with van der Waals surface area (Å²) in [6.07, 6.45) is -0.00281. The van der Waals surface area contributed by atoms with Crippen LogP contribution in [0.2, 0.25) is 15.1 Å². The lowest BCUT2D eigenvalue weighted by Crippen LogP contribution is -2.15. The molecule has 0 fully saturated rings. The molecule has 0 spiro atoms. The molecule has 24 heavy (non-hydrogen) atoms. The molecule has 3 aromatic rings. The van der Waals surface area contributed by atoms with Gasteiger partial charge in [0.05, 0.1) is 6.42 Å². The van der Waals surface area contributed by atoms with E-state index < -0.39 is 0 Å². The number of hydrogen-bond donors (Lipinski definition) is 1. The lowest BCUT2D eigenvalue weighted by Gasteiger charge is -2.05. The minimum absolute atomic E-state index is 0.00281. The number of benzene rings is 2. The van der Waals surface area contributed by atoms with Crippen LogP contribution in [0.1, 0.15) is 5.56 Å². The van der Waals surface area contributed by atoms with Gasteiger partial charge in [-0.1, -0.05) is 46.0 Å². The van der Waals surface area contributed by atoms with Crippen molar-refractivity contribution in [2.24, 2.45) is 0 Å². The molecule has 2 aromatic carbocycles. The van der Waals surface area contributed by atoms with Crippen molar-refractivity contribution in [3.63, 3.8) is 0 Å². The summed E-state index contributed by atoms with van der Waals surface area (Å²) in [7, 11) is 0. The van der Waals surface area contributed by atoms with Crippen molar-refractivity contribution in [2.75, 3.05) is 5.32 Å². The van der Waals surface area contributed by atoms with E-state index >= 15 is 0 Å². The second kappa shape index (κ2) is 7.21. The molecule has 1 amide bonds.